The van der Waals surface area contributed by atoms with Crippen LogP contribution in [0.4, 0.5) is 5.69 Å². The van der Waals surface area contributed by atoms with Gasteiger partial charge in [0, 0.05) is 23.5 Å². The minimum Gasteiger partial charge on any atom is -0.464 e. The molecule has 0 unspecified atom stereocenters. The fourth-order valence-corrected chi connectivity index (χ4v) is 5.65. The number of aromatic nitrogens is 1. The molecule has 4 rings (SSSR count). The minimum atomic E-state index is -0.488. The number of amides is 1. The molecule has 150 valence electrons. The van der Waals surface area contributed by atoms with E-state index in [1.807, 2.05) is 24.3 Å². The van der Waals surface area contributed by atoms with E-state index in [9.17, 15) is 9.59 Å². The highest BCUT2D eigenvalue weighted by Gasteiger charge is 2.49. The number of benzene rings is 1. The first kappa shape index (κ1) is 19.0. The second-order valence-corrected chi connectivity index (χ2v) is 9.58. The molecule has 0 radical (unpaired) electrons. The smallest absolute Gasteiger partial charge is 0.356 e. The van der Waals surface area contributed by atoms with Gasteiger partial charge in [-0.25, -0.2) is 4.79 Å². The number of carbonyl (C=O) groups is 2. The highest BCUT2D eigenvalue weighted by molar-refractivity contribution is 6.11. The number of nitrogens with one attached hydrogen (secondary N) is 2. The summed E-state index contributed by atoms with van der Waals surface area (Å²) in [7, 11) is 1.34. The van der Waals surface area contributed by atoms with Gasteiger partial charge in [0.25, 0.3) is 0 Å². The Bertz CT molecular complexity index is 932. The van der Waals surface area contributed by atoms with Gasteiger partial charge in [-0.3, -0.25) is 9.69 Å². The number of para-hydroxylation sites is 1. The van der Waals surface area contributed by atoms with E-state index < -0.39 is 5.97 Å². The molecular formula is C22H29N3O3. The third-order valence-electron chi connectivity index (χ3n) is 6.23. The summed E-state index contributed by atoms with van der Waals surface area (Å²) < 4.78 is 4.88. The molecule has 1 saturated heterocycles. The number of hydrogen-bond donors (Lipinski definition) is 2. The van der Waals surface area contributed by atoms with Crippen LogP contribution in [-0.2, 0) is 9.53 Å². The molecule has 2 aliphatic rings. The molecule has 0 spiro atoms. The average molecular weight is 383 g/mol. The van der Waals surface area contributed by atoms with Crippen LogP contribution in [0, 0.1) is 10.8 Å². The number of methoxy groups -OCH3 is 1. The SMILES string of the molecule is COC(=O)c1[nH]c2ccccc2c1NC(=O)CN1C[C@@]2(C)C[C@H]1CC(C)(C)C2. The van der Waals surface area contributed by atoms with Crippen LogP contribution in [0.2, 0.25) is 0 Å². The number of anilines is 1. The summed E-state index contributed by atoms with van der Waals surface area (Å²) in [6.45, 7) is 8.29. The van der Waals surface area contributed by atoms with Crippen LogP contribution in [0.3, 0.4) is 0 Å². The van der Waals surface area contributed by atoms with Crippen molar-refractivity contribution in [1.29, 1.82) is 0 Å². The molecule has 2 bridgehead atoms. The largest absolute Gasteiger partial charge is 0.464 e. The number of fused-ring (bicyclic) bond motifs is 3. The van der Waals surface area contributed by atoms with Crippen molar-refractivity contribution in [3.05, 3.63) is 30.0 Å². The van der Waals surface area contributed by atoms with Crippen LogP contribution in [0.1, 0.15) is 50.5 Å². The molecule has 2 fully saturated rings. The number of aromatic amines is 1. The summed E-state index contributed by atoms with van der Waals surface area (Å²) in [6.07, 6.45) is 3.48. The van der Waals surface area contributed by atoms with E-state index in [0.29, 0.717) is 23.7 Å². The minimum absolute atomic E-state index is 0.0936. The van der Waals surface area contributed by atoms with E-state index >= 15 is 0 Å². The molecule has 1 aliphatic heterocycles. The predicted octanol–water partition coefficient (Wildman–Crippen LogP) is 3.79. The van der Waals surface area contributed by atoms with Gasteiger partial charge < -0.3 is 15.0 Å². The fourth-order valence-electron chi connectivity index (χ4n) is 5.65. The second kappa shape index (κ2) is 6.62. The van der Waals surface area contributed by atoms with Crippen molar-refractivity contribution in [3.8, 4) is 0 Å². The number of ether oxygens (including phenoxy) is 1. The van der Waals surface area contributed by atoms with Crippen molar-refractivity contribution in [1.82, 2.24) is 9.88 Å². The molecule has 1 amide bonds. The third-order valence-corrected chi connectivity index (χ3v) is 6.23. The number of nitrogens with zero attached hydrogens (tertiary/aromatic N) is 1. The molecule has 2 N–H and O–H groups in total. The lowest BCUT2D eigenvalue weighted by molar-refractivity contribution is -0.117. The maximum Gasteiger partial charge on any atom is 0.356 e. The molecule has 1 aromatic carbocycles. The zero-order valence-corrected chi connectivity index (χ0v) is 17.1. The number of likely N-dealkylation sites (tertiary alicyclic amines) is 1. The topological polar surface area (TPSA) is 74.4 Å². The van der Waals surface area contributed by atoms with E-state index in [4.69, 9.17) is 4.74 Å². The molecule has 2 aromatic rings. The van der Waals surface area contributed by atoms with E-state index in [0.717, 1.165) is 30.3 Å². The maximum atomic E-state index is 12.9. The normalized spacial score (nSPS) is 26.4. The standard InChI is InChI=1S/C22H29N3O3/c1-21(2)9-14-10-22(3,12-21)13-25(14)11-17(26)24-18-15-7-5-6-8-16(15)23-19(18)20(27)28-4/h5-8,14,23H,9-13H2,1-4H3,(H,24,26)/t14-,22+/m1/s1. The lowest BCUT2D eigenvalue weighted by Gasteiger charge is -2.39. The first-order chi connectivity index (χ1) is 13.2. The molecule has 6 nitrogen and oxygen atoms in total. The zero-order chi connectivity index (χ0) is 20.1. The van der Waals surface area contributed by atoms with Crippen molar-refractivity contribution < 1.29 is 14.3 Å². The van der Waals surface area contributed by atoms with Crippen LogP contribution in [-0.4, -0.2) is 48.0 Å². The van der Waals surface area contributed by atoms with Crippen LogP contribution in [0.15, 0.2) is 24.3 Å². The molecule has 6 heteroatoms. The number of carbonyl (C=O) groups excluding carboxylic acids is 2. The summed E-state index contributed by atoms with van der Waals surface area (Å²) in [5, 5.41) is 3.79. The molecule has 28 heavy (non-hydrogen) atoms. The Kier molecular flexibility index (Phi) is 4.49. The van der Waals surface area contributed by atoms with Crippen molar-refractivity contribution in [2.24, 2.45) is 10.8 Å². The van der Waals surface area contributed by atoms with Gasteiger partial charge in [-0.2, -0.15) is 0 Å². The first-order valence-electron chi connectivity index (χ1n) is 9.93. The Morgan fingerprint density at radius 2 is 2.00 bits per heavy atom. The van der Waals surface area contributed by atoms with Gasteiger partial charge in [-0.05, 0) is 36.2 Å². The van der Waals surface area contributed by atoms with Gasteiger partial charge in [-0.15, -0.1) is 0 Å². The summed E-state index contributed by atoms with van der Waals surface area (Å²) >= 11 is 0. The van der Waals surface area contributed by atoms with E-state index in [1.54, 1.807) is 0 Å². The zero-order valence-electron chi connectivity index (χ0n) is 17.1. The van der Waals surface area contributed by atoms with E-state index in [2.05, 4.69) is 36.0 Å². The van der Waals surface area contributed by atoms with Gasteiger partial charge in [0.1, 0.15) is 5.69 Å². The van der Waals surface area contributed by atoms with Crippen LogP contribution in [0.25, 0.3) is 10.9 Å². The van der Waals surface area contributed by atoms with Gasteiger partial charge >= 0.3 is 5.97 Å². The summed E-state index contributed by atoms with van der Waals surface area (Å²) in [4.78, 5) is 30.5. The van der Waals surface area contributed by atoms with Gasteiger partial charge in [0.05, 0.1) is 19.3 Å². The van der Waals surface area contributed by atoms with Crippen molar-refractivity contribution >= 4 is 28.5 Å². The van der Waals surface area contributed by atoms with Crippen LogP contribution >= 0.6 is 0 Å². The number of rotatable bonds is 4. The Morgan fingerprint density at radius 1 is 1.25 bits per heavy atom. The first-order valence-corrected chi connectivity index (χ1v) is 9.93. The predicted molar refractivity (Wildman–Crippen MR) is 109 cm³/mol. The number of hydrogen-bond acceptors (Lipinski definition) is 4. The Labute approximate surface area is 165 Å². The molecule has 1 aromatic heterocycles. The molecule has 1 saturated carbocycles. The summed E-state index contributed by atoms with van der Waals surface area (Å²) in [5.41, 5.74) is 2.18. The molecular weight excluding hydrogens is 354 g/mol. The molecule has 1 aliphatic carbocycles. The average Bonchev–Trinajstić information content (AvgIpc) is 3.08. The van der Waals surface area contributed by atoms with Gasteiger partial charge in [0.15, 0.2) is 0 Å². The van der Waals surface area contributed by atoms with Gasteiger partial charge in [0.2, 0.25) is 5.91 Å². The van der Waals surface area contributed by atoms with Gasteiger partial charge in [-0.1, -0.05) is 39.0 Å². The quantitative estimate of drug-likeness (QED) is 0.788. The maximum absolute atomic E-state index is 12.9. The summed E-state index contributed by atoms with van der Waals surface area (Å²) in [6, 6.07) is 7.99. The monoisotopic (exact) mass is 383 g/mol. The highest BCUT2D eigenvalue weighted by Crippen LogP contribution is 2.52. The van der Waals surface area contributed by atoms with Crippen molar-refractivity contribution in [3.63, 3.8) is 0 Å². The Morgan fingerprint density at radius 3 is 2.75 bits per heavy atom. The number of esters is 1. The molecule has 2 atom stereocenters. The van der Waals surface area contributed by atoms with Crippen LogP contribution < -0.4 is 5.32 Å². The van der Waals surface area contributed by atoms with Crippen molar-refractivity contribution in [2.45, 2.75) is 46.1 Å². The van der Waals surface area contributed by atoms with Crippen molar-refractivity contribution in [2.75, 3.05) is 25.5 Å². The Hall–Kier alpha value is -2.34. The highest BCUT2D eigenvalue weighted by atomic mass is 16.5. The lowest BCUT2D eigenvalue weighted by atomic mass is 9.65. The second-order valence-electron chi connectivity index (χ2n) is 9.58. The number of H-pyrrole nitrogens is 1. The van der Waals surface area contributed by atoms with E-state index in [-0.39, 0.29) is 17.0 Å². The van der Waals surface area contributed by atoms with Crippen LogP contribution in [0.5, 0.6) is 0 Å². The Balaban J connectivity index is 1.54. The molecule has 2 heterocycles. The fraction of sp³-hybridized carbons (Fsp3) is 0.545. The van der Waals surface area contributed by atoms with E-state index in [1.165, 1.54) is 13.5 Å². The third kappa shape index (κ3) is 3.41. The summed E-state index contributed by atoms with van der Waals surface area (Å²) in [5.74, 6) is -0.582. The lowest BCUT2D eigenvalue weighted by Crippen LogP contribution is -2.38.